The summed E-state index contributed by atoms with van der Waals surface area (Å²) in [5, 5.41) is 9.93. The summed E-state index contributed by atoms with van der Waals surface area (Å²) in [4.78, 5) is 14.4. The average molecular weight is 289 g/mol. The molecule has 1 amide bonds. The molecule has 21 heavy (non-hydrogen) atoms. The van der Waals surface area contributed by atoms with E-state index < -0.39 is 0 Å². The van der Waals surface area contributed by atoms with Gasteiger partial charge in [-0.25, -0.2) is 0 Å². The van der Waals surface area contributed by atoms with Gasteiger partial charge in [-0.1, -0.05) is 6.92 Å². The third-order valence-electron chi connectivity index (χ3n) is 4.68. The number of likely N-dealkylation sites (tertiary alicyclic amines) is 1. The smallest absolute Gasteiger partial charge is 0.253 e. The molecule has 3 rings (SSSR count). The Kier molecular flexibility index (Phi) is 4.15. The van der Waals surface area contributed by atoms with Gasteiger partial charge in [0, 0.05) is 24.6 Å². The van der Waals surface area contributed by atoms with Crippen LogP contribution < -0.4 is 4.74 Å². The molecule has 1 heterocycles. The first kappa shape index (κ1) is 14.4. The van der Waals surface area contributed by atoms with Gasteiger partial charge >= 0.3 is 0 Å². The minimum atomic E-state index is -0.224. The maximum atomic E-state index is 12.5. The molecule has 1 aromatic rings. The molecule has 114 valence electrons. The van der Waals surface area contributed by atoms with E-state index in [1.165, 1.54) is 0 Å². The second kappa shape index (κ2) is 6.06. The van der Waals surface area contributed by atoms with Crippen LogP contribution in [0.15, 0.2) is 24.3 Å². The zero-order valence-electron chi connectivity index (χ0n) is 12.5. The maximum Gasteiger partial charge on any atom is 0.253 e. The number of carbonyl (C=O) groups is 1. The Hall–Kier alpha value is -1.55. The van der Waals surface area contributed by atoms with Crippen molar-refractivity contribution in [3.8, 4) is 5.75 Å². The van der Waals surface area contributed by atoms with Crippen LogP contribution in [-0.2, 0) is 0 Å². The minimum Gasteiger partial charge on any atom is -0.494 e. The normalized spacial score (nSPS) is 27.7. The van der Waals surface area contributed by atoms with Gasteiger partial charge in [-0.2, -0.15) is 0 Å². The predicted octanol–water partition coefficient (Wildman–Crippen LogP) is 2.32. The molecular formula is C17H23NO3. The zero-order chi connectivity index (χ0) is 14.8. The summed E-state index contributed by atoms with van der Waals surface area (Å²) in [5.41, 5.74) is 0.702. The highest BCUT2D eigenvalue weighted by molar-refractivity contribution is 5.94. The maximum absolute atomic E-state index is 12.5. The summed E-state index contributed by atoms with van der Waals surface area (Å²) >= 11 is 0. The number of rotatable bonds is 4. The topological polar surface area (TPSA) is 49.8 Å². The van der Waals surface area contributed by atoms with Crippen LogP contribution >= 0.6 is 0 Å². The van der Waals surface area contributed by atoms with Gasteiger partial charge < -0.3 is 14.7 Å². The quantitative estimate of drug-likeness (QED) is 0.925. The molecule has 1 aliphatic heterocycles. The first-order chi connectivity index (χ1) is 10.2. The lowest BCUT2D eigenvalue weighted by Gasteiger charge is -2.18. The van der Waals surface area contributed by atoms with Crippen molar-refractivity contribution in [3.05, 3.63) is 29.8 Å². The number of hydrogen-bond acceptors (Lipinski definition) is 3. The molecule has 1 saturated carbocycles. The Balaban J connectivity index is 1.63. The van der Waals surface area contributed by atoms with Crippen LogP contribution in [0.3, 0.4) is 0 Å². The second-order valence-electron chi connectivity index (χ2n) is 6.15. The number of carbonyl (C=O) groups excluding carboxylic acids is 1. The van der Waals surface area contributed by atoms with Crippen molar-refractivity contribution in [2.45, 2.75) is 32.3 Å². The van der Waals surface area contributed by atoms with Crippen molar-refractivity contribution in [1.29, 1.82) is 0 Å². The Morgan fingerprint density at radius 1 is 1.29 bits per heavy atom. The van der Waals surface area contributed by atoms with Crippen molar-refractivity contribution in [3.63, 3.8) is 0 Å². The van der Waals surface area contributed by atoms with E-state index in [4.69, 9.17) is 4.74 Å². The third-order valence-corrected chi connectivity index (χ3v) is 4.68. The van der Waals surface area contributed by atoms with Crippen LogP contribution in [-0.4, -0.2) is 41.7 Å². The van der Waals surface area contributed by atoms with Crippen molar-refractivity contribution in [2.24, 2.45) is 11.8 Å². The number of amides is 1. The van der Waals surface area contributed by atoms with E-state index in [9.17, 15) is 9.90 Å². The van der Waals surface area contributed by atoms with Crippen LogP contribution in [0.5, 0.6) is 5.75 Å². The molecule has 3 unspecified atom stereocenters. The molecule has 0 aromatic heterocycles. The fourth-order valence-corrected chi connectivity index (χ4v) is 3.50. The van der Waals surface area contributed by atoms with Crippen LogP contribution in [0.4, 0.5) is 0 Å². The molecule has 1 aliphatic carbocycles. The fourth-order valence-electron chi connectivity index (χ4n) is 3.50. The van der Waals surface area contributed by atoms with E-state index in [2.05, 4.69) is 6.92 Å². The van der Waals surface area contributed by atoms with Gasteiger partial charge in [0.1, 0.15) is 5.75 Å². The molecule has 3 atom stereocenters. The number of hydrogen-bond donors (Lipinski definition) is 1. The summed E-state index contributed by atoms with van der Waals surface area (Å²) in [6, 6.07) is 7.37. The Morgan fingerprint density at radius 2 is 2.05 bits per heavy atom. The van der Waals surface area contributed by atoms with Crippen LogP contribution in [0, 0.1) is 11.8 Å². The molecule has 0 radical (unpaired) electrons. The van der Waals surface area contributed by atoms with Crippen LogP contribution in [0.25, 0.3) is 0 Å². The average Bonchev–Trinajstić information content (AvgIpc) is 3.07. The standard InChI is InChI=1S/C17H23NO3/c1-2-9-21-14-6-3-12(4-7-14)17(20)18-10-13-5-8-16(19)15(13)11-18/h3-4,6-7,13,15-16,19H,2,5,8-11H2,1H3. The highest BCUT2D eigenvalue weighted by Crippen LogP contribution is 2.38. The molecule has 1 N–H and O–H groups in total. The first-order valence-electron chi connectivity index (χ1n) is 7.89. The van der Waals surface area contributed by atoms with Gasteiger partial charge in [0.2, 0.25) is 0 Å². The molecule has 4 nitrogen and oxygen atoms in total. The lowest BCUT2D eigenvalue weighted by molar-refractivity contribution is 0.0752. The highest BCUT2D eigenvalue weighted by atomic mass is 16.5. The van der Waals surface area contributed by atoms with E-state index in [1.807, 2.05) is 29.2 Å². The molecule has 2 aliphatic rings. The molecular weight excluding hydrogens is 266 g/mol. The van der Waals surface area contributed by atoms with E-state index >= 15 is 0 Å². The van der Waals surface area contributed by atoms with Gasteiger partial charge in [0.15, 0.2) is 0 Å². The van der Waals surface area contributed by atoms with Crippen molar-refractivity contribution >= 4 is 5.91 Å². The number of nitrogens with zero attached hydrogens (tertiary/aromatic N) is 1. The summed E-state index contributed by atoms with van der Waals surface area (Å²) in [7, 11) is 0. The van der Waals surface area contributed by atoms with E-state index in [-0.39, 0.29) is 17.9 Å². The number of aliphatic hydroxyl groups excluding tert-OH is 1. The first-order valence-corrected chi connectivity index (χ1v) is 7.89. The third kappa shape index (κ3) is 2.91. The van der Waals surface area contributed by atoms with Gasteiger partial charge in [-0.05, 0) is 49.4 Å². The monoisotopic (exact) mass is 289 g/mol. The molecule has 4 heteroatoms. The molecule has 0 bridgehead atoms. The molecule has 2 fully saturated rings. The predicted molar refractivity (Wildman–Crippen MR) is 80.4 cm³/mol. The van der Waals surface area contributed by atoms with Gasteiger partial charge in [-0.15, -0.1) is 0 Å². The SMILES string of the molecule is CCCOc1ccc(C(=O)N2CC3CCC(O)C3C2)cc1. The zero-order valence-corrected chi connectivity index (χ0v) is 12.5. The lowest BCUT2D eigenvalue weighted by Crippen LogP contribution is -2.31. The minimum absolute atomic E-state index is 0.0682. The number of benzene rings is 1. The largest absolute Gasteiger partial charge is 0.494 e. The lowest BCUT2D eigenvalue weighted by atomic mass is 10.00. The van der Waals surface area contributed by atoms with Crippen LogP contribution in [0.2, 0.25) is 0 Å². The van der Waals surface area contributed by atoms with Gasteiger partial charge in [-0.3, -0.25) is 4.79 Å². The van der Waals surface area contributed by atoms with Crippen molar-refractivity contribution in [1.82, 2.24) is 4.90 Å². The number of aliphatic hydroxyl groups is 1. The number of fused-ring (bicyclic) bond motifs is 1. The number of ether oxygens (including phenoxy) is 1. The summed E-state index contributed by atoms with van der Waals surface area (Å²) in [6.07, 6.45) is 2.68. The summed E-state index contributed by atoms with van der Waals surface area (Å²) in [6.45, 7) is 4.24. The van der Waals surface area contributed by atoms with Crippen LogP contribution in [0.1, 0.15) is 36.5 Å². The second-order valence-corrected chi connectivity index (χ2v) is 6.15. The molecule has 0 spiro atoms. The van der Waals surface area contributed by atoms with E-state index in [0.29, 0.717) is 24.6 Å². The summed E-state index contributed by atoms with van der Waals surface area (Å²) in [5.74, 6) is 1.64. The Bertz CT molecular complexity index is 499. The van der Waals surface area contributed by atoms with Crippen molar-refractivity contribution < 1.29 is 14.6 Å². The summed E-state index contributed by atoms with van der Waals surface area (Å²) < 4.78 is 5.53. The van der Waals surface area contributed by atoms with Gasteiger partial charge in [0.05, 0.1) is 12.7 Å². The molecule has 1 saturated heterocycles. The van der Waals surface area contributed by atoms with E-state index in [1.54, 1.807) is 0 Å². The Morgan fingerprint density at radius 3 is 2.71 bits per heavy atom. The Labute approximate surface area is 125 Å². The highest BCUT2D eigenvalue weighted by Gasteiger charge is 2.43. The van der Waals surface area contributed by atoms with E-state index in [0.717, 1.165) is 31.6 Å². The molecule has 1 aromatic carbocycles. The fraction of sp³-hybridized carbons (Fsp3) is 0.588. The van der Waals surface area contributed by atoms with Crippen molar-refractivity contribution in [2.75, 3.05) is 19.7 Å². The van der Waals surface area contributed by atoms with Gasteiger partial charge in [0.25, 0.3) is 5.91 Å².